The Bertz CT molecular complexity index is 614. The van der Waals surface area contributed by atoms with Gasteiger partial charge in [-0.25, -0.2) is 0 Å². The second kappa shape index (κ2) is 6.15. The van der Waals surface area contributed by atoms with Gasteiger partial charge in [-0.3, -0.25) is 9.69 Å². The molecule has 0 saturated heterocycles. The van der Waals surface area contributed by atoms with Crippen LogP contribution in [0.15, 0.2) is 33.3 Å². The van der Waals surface area contributed by atoms with Crippen LogP contribution in [-0.2, 0) is 11.3 Å². The number of carboxylic acids is 1. The van der Waals surface area contributed by atoms with Gasteiger partial charge in [0.25, 0.3) is 0 Å². The Labute approximate surface area is 124 Å². The second-order valence-corrected chi connectivity index (χ2v) is 5.27. The van der Waals surface area contributed by atoms with Crippen molar-refractivity contribution in [1.29, 1.82) is 0 Å². The Morgan fingerprint density at radius 2 is 2.20 bits per heavy atom. The fraction of sp³-hybridized carbons (Fsp3) is 0.308. The van der Waals surface area contributed by atoms with E-state index in [0.29, 0.717) is 17.3 Å². The first-order chi connectivity index (χ1) is 9.49. The Morgan fingerprint density at radius 1 is 1.50 bits per heavy atom. The summed E-state index contributed by atoms with van der Waals surface area (Å²) >= 11 is 3.38. The molecule has 2 aromatic rings. The number of benzene rings is 1. The number of aromatic nitrogens is 2. The maximum absolute atomic E-state index is 11.6. The number of hydrogen-bond acceptors (Lipinski definition) is 5. The number of aryl methyl sites for hydroxylation is 1. The first kappa shape index (κ1) is 14.7. The maximum Gasteiger partial charge on any atom is 0.325 e. The number of aliphatic carboxylic acids is 1. The molecular weight excluding hydrogens is 326 g/mol. The highest BCUT2D eigenvalue weighted by molar-refractivity contribution is 9.10. The van der Waals surface area contributed by atoms with Gasteiger partial charge in [-0.2, -0.15) is 4.98 Å². The van der Waals surface area contributed by atoms with Crippen molar-refractivity contribution < 1.29 is 14.4 Å². The third-order valence-corrected chi connectivity index (χ3v) is 3.55. The van der Waals surface area contributed by atoms with Crippen LogP contribution in [0.5, 0.6) is 0 Å². The second-order valence-electron chi connectivity index (χ2n) is 4.41. The molecule has 0 aliphatic heterocycles. The summed E-state index contributed by atoms with van der Waals surface area (Å²) in [6.07, 6.45) is 0. The predicted octanol–water partition coefficient (Wildman–Crippen LogP) is 2.40. The highest BCUT2D eigenvalue weighted by Gasteiger charge is 2.27. The third-order valence-electron chi connectivity index (χ3n) is 2.83. The zero-order chi connectivity index (χ0) is 14.7. The van der Waals surface area contributed by atoms with Crippen LogP contribution in [0.3, 0.4) is 0 Å². The van der Waals surface area contributed by atoms with Crippen LogP contribution in [0.1, 0.15) is 23.3 Å². The zero-order valence-electron chi connectivity index (χ0n) is 11.1. The van der Waals surface area contributed by atoms with E-state index < -0.39 is 12.0 Å². The van der Waals surface area contributed by atoms with Gasteiger partial charge in [0.15, 0.2) is 5.82 Å². The SMILES string of the molecule is Cc1noc(CN(C)C(C(=O)O)c2ccccc2Br)n1. The summed E-state index contributed by atoms with van der Waals surface area (Å²) in [5.74, 6) is -0.0138. The average molecular weight is 340 g/mol. The molecular formula is C13H14BrN3O3. The number of rotatable bonds is 5. The molecule has 7 heteroatoms. The Balaban J connectivity index is 2.25. The quantitative estimate of drug-likeness (QED) is 0.900. The number of hydrogen-bond donors (Lipinski definition) is 1. The molecule has 1 aromatic heterocycles. The molecule has 0 aliphatic carbocycles. The van der Waals surface area contributed by atoms with E-state index in [9.17, 15) is 9.90 Å². The first-order valence-electron chi connectivity index (χ1n) is 5.95. The molecule has 6 nitrogen and oxygen atoms in total. The number of carboxylic acid groups (broad SMARTS) is 1. The van der Waals surface area contributed by atoms with Crippen molar-refractivity contribution in [2.45, 2.75) is 19.5 Å². The molecule has 1 atom stereocenters. The Hall–Kier alpha value is -1.73. The minimum Gasteiger partial charge on any atom is -0.480 e. The van der Waals surface area contributed by atoms with Crippen LogP contribution in [0.4, 0.5) is 0 Å². The molecule has 0 fully saturated rings. The summed E-state index contributed by atoms with van der Waals surface area (Å²) < 4.78 is 5.77. The van der Waals surface area contributed by atoms with Crippen LogP contribution >= 0.6 is 15.9 Å². The summed E-state index contributed by atoms with van der Waals surface area (Å²) in [5.41, 5.74) is 0.679. The molecule has 106 valence electrons. The summed E-state index contributed by atoms with van der Waals surface area (Å²) in [6.45, 7) is 1.98. The van der Waals surface area contributed by atoms with Crippen molar-refractivity contribution in [1.82, 2.24) is 15.0 Å². The third kappa shape index (κ3) is 3.23. The highest BCUT2D eigenvalue weighted by atomic mass is 79.9. The van der Waals surface area contributed by atoms with E-state index in [-0.39, 0.29) is 6.54 Å². The van der Waals surface area contributed by atoms with E-state index in [1.807, 2.05) is 12.1 Å². The van der Waals surface area contributed by atoms with Gasteiger partial charge >= 0.3 is 5.97 Å². The first-order valence-corrected chi connectivity index (χ1v) is 6.75. The highest BCUT2D eigenvalue weighted by Crippen LogP contribution is 2.28. The van der Waals surface area contributed by atoms with Crippen molar-refractivity contribution in [3.8, 4) is 0 Å². The minimum atomic E-state index is -0.935. The lowest BCUT2D eigenvalue weighted by molar-refractivity contribution is -0.143. The van der Waals surface area contributed by atoms with Gasteiger partial charge in [0.2, 0.25) is 5.89 Å². The van der Waals surface area contributed by atoms with Gasteiger partial charge < -0.3 is 9.63 Å². The number of halogens is 1. The number of carbonyl (C=O) groups is 1. The molecule has 0 bridgehead atoms. The molecule has 0 saturated carbocycles. The molecule has 0 amide bonds. The number of likely N-dealkylation sites (N-methyl/N-ethyl adjacent to an activating group) is 1. The lowest BCUT2D eigenvalue weighted by Crippen LogP contribution is -2.30. The van der Waals surface area contributed by atoms with Gasteiger partial charge in [0.1, 0.15) is 6.04 Å². The average Bonchev–Trinajstić information content (AvgIpc) is 2.77. The van der Waals surface area contributed by atoms with Crippen molar-refractivity contribution in [3.63, 3.8) is 0 Å². The van der Waals surface area contributed by atoms with E-state index in [4.69, 9.17) is 4.52 Å². The molecule has 1 heterocycles. The topological polar surface area (TPSA) is 79.5 Å². The fourth-order valence-corrected chi connectivity index (χ4v) is 2.47. The van der Waals surface area contributed by atoms with Gasteiger partial charge in [-0.15, -0.1) is 0 Å². The van der Waals surface area contributed by atoms with Crippen molar-refractivity contribution in [2.75, 3.05) is 7.05 Å². The Kier molecular flexibility index (Phi) is 4.51. The Morgan fingerprint density at radius 3 is 2.75 bits per heavy atom. The van der Waals surface area contributed by atoms with Crippen LogP contribution in [0, 0.1) is 6.92 Å². The monoisotopic (exact) mass is 339 g/mol. The van der Waals surface area contributed by atoms with Gasteiger partial charge in [0, 0.05) is 4.47 Å². The summed E-state index contributed by atoms with van der Waals surface area (Å²) in [6, 6.07) is 6.45. The largest absolute Gasteiger partial charge is 0.480 e. The van der Waals surface area contributed by atoms with E-state index in [2.05, 4.69) is 26.1 Å². The summed E-state index contributed by atoms with van der Waals surface area (Å²) in [5, 5.41) is 13.2. The summed E-state index contributed by atoms with van der Waals surface area (Å²) in [4.78, 5) is 17.3. The lowest BCUT2D eigenvalue weighted by Gasteiger charge is -2.24. The van der Waals surface area contributed by atoms with E-state index in [0.717, 1.165) is 4.47 Å². The van der Waals surface area contributed by atoms with Gasteiger partial charge in [-0.05, 0) is 25.6 Å². The molecule has 0 aliphatic rings. The zero-order valence-corrected chi connectivity index (χ0v) is 12.7. The summed E-state index contributed by atoms with van der Waals surface area (Å²) in [7, 11) is 1.71. The van der Waals surface area contributed by atoms with Gasteiger partial charge in [-0.1, -0.05) is 39.3 Å². The molecule has 0 spiro atoms. The van der Waals surface area contributed by atoms with Crippen LogP contribution in [-0.4, -0.2) is 33.2 Å². The van der Waals surface area contributed by atoms with Gasteiger partial charge in [0.05, 0.1) is 6.54 Å². The van der Waals surface area contributed by atoms with Crippen molar-refractivity contribution >= 4 is 21.9 Å². The van der Waals surface area contributed by atoms with Crippen molar-refractivity contribution in [3.05, 3.63) is 46.0 Å². The maximum atomic E-state index is 11.6. The lowest BCUT2D eigenvalue weighted by atomic mass is 10.1. The van der Waals surface area contributed by atoms with Crippen LogP contribution in [0.25, 0.3) is 0 Å². The van der Waals surface area contributed by atoms with Crippen molar-refractivity contribution in [2.24, 2.45) is 0 Å². The van der Waals surface area contributed by atoms with Crippen LogP contribution in [0.2, 0.25) is 0 Å². The molecule has 2 rings (SSSR count). The molecule has 20 heavy (non-hydrogen) atoms. The predicted molar refractivity (Wildman–Crippen MR) is 75.0 cm³/mol. The van der Waals surface area contributed by atoms with E-state index >= 15 is 0 Å². The molecule has 1 unspecified atom stereocenters. The van der Waals surface area contributed by atoms with Crippen LogP contribution < -0.4 is 0 Å². The molecule has 0 radical (unpaired) electrons. The molecule has 1 N–H and O–H groups in total. The minimum absolute atomic E-state index is 0.263. The smallest absolute Gasteiger partial charge is 0.325 e. The standard InChI is InChI=1S/C13H14BrN3O3/c1-8-15-11(20-16-8)7-17(2)12(13(18)19)9-5-3-4-6-10(9)14/h3-6,12H,7H2,1-2H3,(H,18,19). The van der Waals surface area contributed by atoms with E-state index in [1.165, 1.54) is 0 Å². The fourth-order valence-electron chi connectivity index (χ4n) is 1.96. The molecule has 1 aromatic carbocycles. The normalized spacial score (nSPS) is 12.6. The number of nitrogens with zero attached hydrogens (tertiary/aromatic N) is 3. The van der Waals surface area contributed by atoms with E-state index in [1.54, 1.807) is 31.0 Å².